The van der Waals surface area contributed by atoms with Gasteiger partial charge in [0.25, 0.3) is 17.2 Å². The van der Waals surface area contributed by atoms with Gasteiger partial charge in [-0.3, -0.25) is 44.4 Å². The molecule has 2 aliphatic heterocycles. The van der Waals surface area contributed by atoms with E-state index in [1.54, 1.807) is 0 Å². The molecule has 2 aromatic carbocycles. The van der Waals surface area contributed by atoms with E-state index in [-0.39, 0.29) is 34.6 Å². The van der Waals surface area contributed by atoms with E-state index < -0.39 is 33.5 Å². The number of non-ortho nitro benzene ring substituents is 2. The van der Waals surface area contributed by atoms with Crippen LogP contribution >= 0.6 is 0 Å². The number of likely N-dealkylation sites (tertiary alicyclic amines) is 1. The number of nitrogens with zero attached hydrogens (tertiary/aromatic N) is 4. The molecule has 2 heterocycles. The van der Waals surface area contributed by atoms with E-state index >= 15 is 0 Å². The average molecular weight is 466 g/mol. The number of Topliss-reactive ketones (excluding diaryl/α,β-unsaturated/α-hetero) is 2. The molecule has 176 valence electrons. The van der Waals surface area contributed by atoms with Gasteiger partial charge in [0, 0.05) is 49.3 Å². The Morgan fingerprint density at radius 3 is 2.21 bits per heavy atom. The van der Waals surface area contributed by atoms with Gasteiger partial charge in [0.2, 0.25) is 0 Å². The van der Waals surface area contributed by atoms with Gasteiger partial charge in [0.05, 0.1) is 27.3 Å². The van der Waals surface area contributed by atoms with Gasteiger partial charge in [-0.05, 0) is 18.9 Å². The molecular weight excluding hydrogens is 444 g/mol. The lowest BCUT2D eigenvalue weighted by Crippen LogP contribution is -2.52. The Kier molecular flexibility index (Phi) is 6.46. The zero-order valence-electron chi connectivity index (χ0n) is 18.2. The molecule has 2 aromatic rings. The number of fused-ring (bicyclic) bond motifs is 1. The second kappa shape index (κ2) is 9.48. The smallest absolute Gasteiger partial charge is 0.294 e. The molecule has 1 amide bonds. The lowest BCUT2D eigenvalue weighted by atomic mass is 10.0. The molecule has 0 bridgehead atoms. The van der Waals surface area contributed by atoms with E-state index in [9.17, 15) is 34.6 Å². The number of nitro groups is 2. The van der Waals surface area contributed by atoms with Gasteiger partial charge in [-0.15, -0.1) is 0 Å². The highest BCUT2D eigenvalue weighted by molar-refractivity contribution is 6.52. The van der Waals surface area contributed by atoms with Gasteiger partial charge in [0.1, 0.15) is 0 Å². The summed E-state index contributed by atoms with van der Waals surface area (Å²) < 4.78 is 0. The molecule has 2 aliphatic rings. The quantitative estimate of drug-likeness (QED) is 0.261. The maximum Gasteiger partial charge on any atom is 0.300 e. The molecule has 0 spiro atoms. The fourth-order valence-corrected chi connectivity index (χ4v) is 4.51. The van der Waals surface area contributed by atoms with E-state index in [0.717, 1.165) is 31.7 Å². The number of benzene rings is 2. The Morgan fingerprint density at radius 2 is 1.56 bits per heavy atom. The molecule has 34 heavy (non-hydrogen) atoms. The minimum absolute atomic E-state index is 0.0678. The Morgan fingerprint density at radius 1 is 0.912 bits per heavy atom. The predicted molar refractivity (Wildman–Crippen MR) is 121 cm³/mol. The predicted octanol–water partition coefficient (Wildman–Crippen LogP) is 3.51. The van der Waals surface area contributed by atoms with Crippen LogP contribution < -0.4 is 4.90 Å². The third kappa shape index (κ3) is 4.42. The van der Waals surface area contributed by atoms with Crippen molar-refractivity contribution in [2.75, 3.05) is 18.0 Å². The number of hydrogen-bond acceptors (Lipinski definition) is 8. The Labute approximate surface area is 194 Å². The van der Waals surface area contributed by atoms with Crippen molar-refractivity contribution in [3.63, 3.8) is 0 Å². The summed E-state index contributed by atoms with van der Waals surface area (Å²) in [5.74, 6) is -2.12. The number of ketones is 2. The first-order valence-corrected chi connectivity index (χ1v) is 11.0. The molecular formula is C23H22N4O7. The first kappa shape index (κ1) is 23.2. The van der Waals surface area contributed by atoms with Crippen molar-refractivity contribution in [3.8, 4) is 0 Å². The molecule has 0 saturated carbocycles. The van der Waals surface area contributed by atoms with Crippen molar-refractivity contribution in [1.29, 1.82) is 0 Å². The van der Waals surface area contributed by atoms with Crippen LogP contribution in [-0.2, 0) is 4.79 Å². The van der Waals surface area contributed by atoms with Crippen LogP contribution in [0.1, 0.15) is 52.8 Å². The maximum absolute atomic E-state index is 13.2. The summed E-state index contributed by atoms with van der Waals surface area (Å²) in [6, 6.07) is 9.04. The number of nitro benzene ring substituents is 2. The highest BCUT2D eigenvalue weighted by Gasteiger charge is 2.43. The minimum Gasteiger partial charge on any atom is -0.294 e. The zero-order valence-corrected chi connectivity index (χ0v) is 18.2. The summed E-state index contributed by atoms with van der Waals surface area (Å²) in [4.78, 5) is 63.3. The second-order valence-corrected chi connectivity index (χ2v) is 8.33. The van der Waals surface area contributed by atoms with Crippen LogP contribution in [0.15, 0.2) is 42.5 Å². The molecule has 1 atom stereocenters. The molecule has 11 nitrogen and oxygen atoms in total. The number of rotatable bonds is 7. The summed E-state index contributed by atoms with van der Waals surface area (Å²) in [5.41, 5.74) is -0.234. The fourth-order valence-electron chi connectivity index (χ4n) is 4.51. The van der Waals surface area contributed by atoms with Gasteiger partial charge in [-0.25, -0.2) is 0 Å². The van der Waals surface area contributed by atoms with Crippen LogP contribution in [0.5, 0.6) is 0 Å². The lowest BCUT2D eigenvalue weighted by Gasteiger charge is -2.37. The molecule has 0 N–H and O–H groups in total. The van der Waals surface area contributed by atoms with Crippen molar-refractivity contribution in [1.82, 2.24) is 4.90 Å². The van der Waals surface area contributed by atoms with Crippen molar-refractivity contribution < 1.29 is 24.2 Å². The molecule has 1 saturated heterocycles. The van der Waals surface area contributed by atoms with Gasteiger partial charge < -0.3 is 0 Å². The molecule has 0 radical (unpaired) electrons. The number of hydrogen-bond donors (Lipinski definition) is 0. The first-order valence-electron chi connectivity index (χ1n) is 11.0. The zero-order chi connectivity index (χ0) is 24.4. The summed E-state index contributed by atoms with van der Waals surface area (Å²) in [6.45, 7) is 1.21. The number of carbonyl (C=O) groups is 3. The minimum atomic E-state index is -0.860. The van der Waals surface area contributed by atoms with Crippen LogP contribution in [-0.4, -0.2) is 51.5 Å². The summed E-state index contributed by atoms with van der Waals surface area (Å²) in [6.07, 6.45) is 2.71. The highest BCUT2D eigenvalue weighted by Crippen LogP contribution is 2.36. The van der Waals surface area contributed by atoms with E-state index in [2.05, 4.69) is 0 Å². The normalized spacial score (nSPS) is 17.2. The van der Waals surface area contributed by atoms with E-state index in [1.807, 2.05) is 4.90 Å². The van der Waals surface area contributed by atoms with Gasteiger partial charge >= 0.3 is 5.91 Å². The summed E-state index contributed by atoms with van der Waals surface area (Å²) in [5, 5.41) is 22.3. The fraction of sp³-hybridized carbons (Fsp3) is 0.348. The summed E-state index contributed by atoms with van der Waals surface area (Å²) in [7, 11) is 0. The standard InChI is InChI=1S/C23H22N4O7/c28-20(15-6-5-7-16(12-15)26(31)32)14-21(24-10-3-1-2-4-11-24)25-19-9-8-17(27(33)34)13-18(19)22(29)23(25)30/h5-9,12-13,21H,1-4,10-11,14H2. The topological polar surface area (TPSA) is 144 Å². The van der Waals surface area contributed by atoms with E-state index in [0.29, 0.717) is 13.1 Å². The monoisotopic (exact) mass is 466 g/mol. The number of carbonyl (C=O) groups excluding carboxylic acids is 3. The lowest BCUT2D eigenvalue weighted by molar-refractivity contribution is -0.385. The maximum atomic E-state index is 13.2. The number of amides is 1. The average Bonchev–Trinajstić information content (AvgIpc) is 3.00. The van der Waals surface area contributed by atoms with Crippen LogP contribution in [0.2, 0.25) is 0 Å². The Bertz CT molecular complexity index is 1190. The molecule has 1 unspecified atom stereocenters. The van der Waals surface area contributed by atoms with Crippen LogP contribution in [0.25, 0.3) is 0 Å². The molecule has 4 rings (SSSR count). The van der Waals surface area contributed by atoms with Gasteiger partial charge in [0.15, 0.2) is 5.78 Å². The SMILES string of the molecule is O=C(CC(N1CCCCCC1)N1C(=O)C(=O)c2cc([N+](=O)[O-])ccc21)c1cccc([N+](=O)[O-])c1. The van der Waals surface area contributed by atoms with Crippen LogP contribution in [0.4, 0.5) is 17.1 Å². The Hall–Kier alpha value is -3.99. The number of anilines is 1. The van der Waals surface area contributed by atoms with Crippen molar-refractivity contribution in [3.05, 3.63) is 73.8 Å². The third-order valence-corrected chi connectivity index (χ3v) is 6.22. The van der Waals surface area contributed by atoms with E-state index in [1.165, 1.54) is 41.3 Å². The highest BCUT2D eigenvalue weighted by atomic mass is 16.6. The second-order valence-electron chi connectivity index (χ2n) is 8.33. The third-order valence-electron chi connectivity index (χ3n) is 6.22. The van der Waals surface area contributed by atoms with Crippen LogP contribution in [0.3, 0.4) is 0 Å². The van der Waals surface area contributed by atoms with Gasteiger partial charge in [-0.2, -0.15) is 0 Å². The van der Waals surface area contributed by atoms with Crippen molar-refractivity contribution in [2.24, 2.45) is 0 Å². The van der Waals surface area contributed by atoms with Crippen molar-refractivity contribution >= 4 is 34.5 Å². The van der Waals surface area contributed by atoms with Crippen LogP contribution in [0, 0.1) is 20.2 Å². The molecule has 0 aliphatic carbocycles. The Balaban J connectivity index is 1.72. The first-order chi connectivity index (χ1) is 16.3. The molecule has 1 fully saturated rings. The molecule has 0 aromatic heterocycles. The largest absolute Gasteiger partial charge is 0.300 e. The molecule has 11 heteroatoms. The summed E-state index contributed by atoms with van der Waals surface area (Å²) >= 11 is 0. The van der Waals surface area contributed by atoms with Crippen molar-refractivity contribution in [2.45, 2.75) is 38.3 Å². The van der Waals surface area contributed by atoms with Gasteiger partial charge in [-0.1, -0.05) is 25.0 Å². The van der Waals surface area contributed by atoms with E-state index in [4.69, 9.17) is 0 Å².